The molecule has 0 heterocycles. The van der Waals surface area contributed by atoms with Crippen LogP contribution >= 0.6 is 0 Å². The summed E-state index contributed by atoms with van der Waals surface area (Å²) in [5.41, 5.74) is -1.63. The Morgan fingerprint density at radius 3 is 0.852 bits per heavy atom. The summed E-state index contributed by atoms with van der Waals surface area (Å²) in [6.07, 6.45) is 50.4. The van der Waals surface area contributed by atoms with Crippen molar-refractivity contribution < 1.29 is 87.7 Å². The highest BCUT2D eigenvalue weighted by molar-refractivity contribution is 5.85. The van der Waals surface area contributed by atoms with Crippen molar-refractivity contribution in [1.29, 1.82) is 0 Å². The van der Waals surface area contributed by atoms with E-state index in [2.05, 4.69) is 47.4 Å². The topological polar surface area (TPSA) is 369 Å². The van der Waals surface area contributed by atoms with E-state index in [9.17, 15) is 73.5 Å². The average Bonchev–Trinajstić information content (AvgIpc) is 0.825. The Labute approximate surface area is 650 Å². The molecule has 0 aromatic carbocycles. The Balaban J connectivity index is 5.47. The summed E-state index contributed by atoms with van der Waals surface area (Å²) in [4.78, 5) is 129. The fourth-order valence-corrected chi connectivity index (χ4v) is 13.1. The highest BCUT2D eigenvalue weighted by Gasteiger charge is 2.43. The Morgan fingerprint density at radius 2 is 0.565 bits per heavy atom. The minimum atomic E-state index is -1.63. The van der Waals surface area contributed by atoms with Gasteiger partial charge in [0.1, 0.15) is 25.9 Å². The van der Waals surface area contributed by atoms with Crippen LogP contribution in [0.1, 0.15) is 329 Å². The second kappa shape index (κ2) is 74.2. The minimum Gasteiger partial charge on any atom is -0.480 e. The van der Waals surface area contributed by atoms with Crippen LogP contribution in [0.3, 0.4) is 0 Å². The number of nitrogens with zero attached hydrogens (tertiary/aromatic N) is 3. The lowest BCUT2D eigenvalue weighted by molar-refractivity contribution is -0.167. The lowest BCUT2D eigenvalue weighted by Crippen LogP contribution is -2.51. The molecular formula is C82H154N8O18. The van der Waals surface area contributed by atoms with Crippen LogP contribution in [0.4, 0.5) is 0 Å². The minimum absolute atomic E-state index is 0.159. The molecule has 0 aliphatic carbocycles. The molecule has 2 amide bonds. The summed E-state index contributed by atoms with van der Waals surface area (Å²) in [5.74, 6) is -9.11. The Kier molecular flexibility index (Phi) is 70.4. The van der Waals surface area contributed by atoms with Gasteiger partial charge in [-0.3, -0.25) is 62.6 Å². The van der Waals surface area contributed by atoms with Gasteiger partial charge in [-0.2, -0.15) is 0 Å². The maximum atomic E-state index is 14.6. The van der Waals surface area contributed by atoms with E-state index in [0.717, 1.165) is 106 Å². The van der Waals surface area contributed by atoms with Crippen LogP contribution < -0.4 is 26.6 Å². The van der Waals surface area contributed by atoms with Crippen LogP contribution in [0, 0.1) is 5.41 Å². The van der Waals surface area contributed by atoms with Crippen molar-refractivity contribution >= 4 is 59.6 Å². The normalized spacial score (nSPS) is 11.9. The first-order chi connectivity index (χ1) is 52.3. The van der Waals surface area contributed by atoms with Crippen LogP contribution in [0.5, 0.6) is 0 Å². The number of hydrogen-bond acceptors (Lipinski definition) is 19. The van der Waals surface area contributed by atoms with Crippen molar-refractivity contribution in [2.45, 2.75) is 335 Å². The van der Waals surface area contributed by atoms with E-state index in [1.54, 1.807) is 0 Å². The highest BCUT2D eigenvalue weighted by Crippen LogP contribution is 2.24. The van der Waals surface area contributed by atoms with Gasteiger partial charge in [0.25, 0.3) is 0 Å². The fraction of sp³-hybridized carbons (Fsp3) is 0.878. The van der Waals surface area contributed by atoms with E-state index in [1.807, 2.05) is 0 Å². The average molecular weight is 1540 g/mol. The molecule has 26 nitrogen and oxygen atoms in total. The summed E-state index contributed by atoms with van der Waals surface area (Å²) < 4.78 is 17.7. The number of carboxylic acid groups (broad SMARTS) is 5. The number of rotatable bonds is 84. The highest BCUT2D eigenvalue weighted by atomic mass is 16.6. The summed E-state index contributed by atoms with van der Waals surface area (Å²) in [7, 11) is 0. The number of unbranched alkanes of at least 4 members (excludes halogenated alkanes) is 40. The molecule has 0 radical (unpaired) electrons. The van der Waals surface area contributed by atoms with E-state index < -0.39 is 104 Å². The molecule has 0 saturated heterocycles. The van der Waals surface area contributed by atoms with Crippen LogP contribution in [0.2, 0.25) is 0 Å². The Bertz CT molecular complexity index is 2100. The van der Waals surface area contributed by atoms with Gasteiger partial charge in [-0.1, -0.05) is 271 Å². The number of carbonyl (C=O) groups excluding carboxylic acids is 5. The molecule has 0 aromatic rings. The molecule has 0 aromatic heterocycles. The van der Waals surface area contributed by atoms with Crippen LogP contribution in [0.15, 0.2) is 0 Å². The van der Waals surface area contributed by atoms with Gasteiger partial charge in [-0.25, -0.2) is 0 Å². The second-order valence-corrected chi connectivity index (χ2v) is 30.0. The van der Waals surface area contributed by atoms with Crippen molar-refractivity contribution in [2.75, 3.05) is 125 Å². The standard InChI is InChI=1S/C82H154N8O18/c1-4-7-10-13-16-19-22-25-28-31-34-38-43-48-77(100)106-68-82(69-107-78(101)49-44-39-35-32-29-26-23-20-17-14-11-8-5-2,70-108-79(102)50-45-40-36-33-30-27-24-21-18-15-12-9-6-3)81(105)87-52-47-42-37-41-46-51-83-53-54-84-55-56-85-57-58-86-72(91)63-71(80(103)104)90(61-59-88(64-73(92)93)65-74(94)95)62-60-89(66-75(96)97)67-76(98)99/h71,83-85H,4-70H2,1-3H3,(H,86,91)(H,87,105)(H,92,93)(H,94,95)(H,96,97)(H,98,99)(H,103,104). The van der Waals surface area contributed by atoms with Gasteiger partial charge >= 0.3 is 47.8 Å². The van der Waals surface area contributed by atoms with E-state index >= 15 is 0 Å². The lowest BCUT2D eigenvalue weighted by atomic mass is 9.89. The predicted octanol–water partition coefficient (Wildman–Crippen LogP) is 13.1. The van der Waals surface area contributed by atoms with Crippen LogP contribution in [0.25, 0.3) is 0 Å². The monoisotopic (exact) mass is 1540 g/mol. The number of hydrogen-bond donors (Lipinski definition) is 10. The zero-order chi connectivity index (χ0) is 79.6. The molecule has 26 heteroatoms. The number of carboxylic acids is 5. The molecule has 0 saturated carbocycles. The van der Waals surface area contributed by atoms with Gasteiger partial charge in [0.05, 0.1) is 32.6 Å². The van der Waals surface area contributed by atoms with E-state index in [1.165, 1.54) is 178 Å². The summed E-state index contributed by atoms with van der Waals surface area (Å²) in [6.45, 7) is 6.28. The fourth-order valence-electron chi connectivity index (χ4n) is 13.1. The summed E-state index contributed by atoms with van der Waals surface area (Å²) >= 11 is 0. The smallest absolute Gasteiger partial charge is 0.321 e. The molecule has 0 bridgehead atoms. The van der Waals surface area contributed by atoms with Crippen molar-refractivity contribution in [1.82, 2.24) is 41.3 Å². The zero-order valence-corrected chi connectivity index (χ0v) is 67.8. The number of carbonyl (C=O) groups is 10. The van der Waals surface area contributed by atoms with Crippen molar-refractivity contribution in [3.05, 3.63) is 0 Å². The molecule has 1 unspecified atom stereocenters. The quantitative estimate of drug-likeness (QED) is 0.0154. The number of aliphatic carboxylic acids is 5. The lowest BCUT2D eigenvalue weighted by Gasteiger charge is -2.32. The van der Waals surface area contributed by atoms with Gasteiger partial charge in [-0.05, 0) is 38.6 Å². The third-order valence-corrected chi connectivity index (χ3v) is 19.8. The SMILES string of the molecule is CCCCCCCCCCCCCCCC(=O)OCC(COC(=O)CCCCCCCCCCCCCCC)(COC(=O)CCCCCCCCCCCCCCC)C(=O)NCCCCCCCNCCNCCNCCNC(=O)CC(C(=O)O)N(CCN(CC(=O)O)CC(=O)O)CCN(CC(=O)O)CC(=O)O. The summed E-state index contributed by atoms with van der Waals surface area (Å²) in [6, 6.07) is -1.50. The van der Waals surface area contributed by atoms with E-state index in [4.69, 9.17) is 14.2 Å². The molecule has 108 heavy (non-hydrogen) atoms. The molecule has 0 rings (SSSR count). The molecule has 0 aliphatic heterocycles. The third kappa shape index (κ3) is 66.3. The number of amides is 2. The maximum absolute atomic E-state index is 14.6. The number of ether oxygens (including phenoxy) is 3. The Morgan fingerprint density at radius 1 is 0.306 bits per heavy atom. The van der Waals surface area contributed by atoms with Gasteiger partial charge < -0.3 is 66.3 Å². The van der Waals surface area contributed by atoms with Crippen molar-refractivity contribution in [2.24, 2.45) is 5.41 Å². The number of esters is 3. The molecule has 0 aliphatic rings. The van der Waals surface area contributed by atoms with E-state index in [0.29, 0.717) is 58.4 Å². The molecule has 1 atom stereocenters. The van der Waals surface area contributed by atoms with Gasteiger partial charge in [0.15, 0.2) is 5.41 Å². The Hall–Kier alpha value is -5.54. The first kappa shape index (κ1) is 102. The molecule has 0 spiro atoms. The third-order valence-electron chi connectivity index (χ3n) is 19.8. The maximum Gasteiger partial charge on any atom is 0.321 e. The van der Waals surface area contributed by atoms with Crippen molar-refractivity contribution in [3.63, 3.8) is 0 Å². The van der Waals surface area contributed by atoms with Crippen LogP contribution in [-0.4, -0.2) is 230 Å². The first-order valence-corrected chi connectivity index (χ1v) is 42.7. The molecule has 10 N–H and O–H groups in total. The molecule has 630 valence electrons. The summed E-state index contributed by atoms with van der Waals surface area (Å²) in [5, 5.41) is 63.1. The second-order valence-electron chi connectivity index (χ2n) is 30.0. The number of nitrogens with one attached hydrogen (secondary N) is 5. The van der Waals surface area contributed by atoms with Gasteiger partial charge in [-0.15, -0.1) is 0 Å². The first-order valence-electron chi connectivity index (χ1n) is 42.7. The van der Waals surface area contributed by atoms with Gasteiger partial charge in [0.2, 0.25) is 11.8 Å². The predicted molar refractivity (Wildman–Crippen MR) is 425 cm³/mol. The van der Waals surface area contributed by atoms with Gasteiger partial charge in [0, 0.05) is 91.3 Å². The van der Waals surface area contributed by atoms with Crippen LogP contribution in [-0.2, 0) is 62.2 Å². The zero-order valence-electron chi connectivity index (χ0n) is 67.8. The van der Waals surface area contributed by atoms with Crippen molar-refractivity contribution in [3.8, 4) is 0 Å². The molecular weight excluding hydrogens is 1380 g/mol. The molecule has 0 fully saturated rings. The largest absolute Gasteiger partial charge is 0.480 e. The van der Waals surface area contributed by atoms with E-state index in [-0.39, 0.29) is 71.8 Å².